The molecule has 0 spiro atoms. The molecule has 0 heterocycles. The molecule has 144 valence electrons. The van der Waals surface area contributed by atoms with Crippen LogP contribution >= 0.6 is 0 Å². The predicted molar refractivity (Wildman–Crippen MR) is 111 cm³/mol. The van der Waals surface area contributed by atoms with Gasteiger partial charge in [-0.3, -0.25) is 9.59 Å². The Hall–Kier alpha value is -2.86. The van der Waals surface area contributed by atoms with Crippen molar-refractivity contribution in [2.45, 2.75) is 6.42 Å². The van der Waals surface area contributed by atoms with E-state index in [1.807, 2.05) is 57.4 Å². The Morgan fingerprint density at radius 3 is 2.11 bits per heavy atom. The van der Waals surface area contributed by atoms with E-state index in [2.05, 4.69) is 15.5 Å². The monoisotopic (exact) mass is 368 g/mol. The lowest BCUT2D eigenvalue weighted by Crippen LogP contribution is -2.27. The number of carbonyl (C=O) groups excluding carboxylic acids is 2. The molecule has 0 aromatic heterocycles. The van der Waals surface area contributed by atoms with Crippen molar-refractivity contribution >= 4 is 23.2 Å². The van der Waals surface area contributed by atoms with Gasteiger partial charge in [-0.15, -0.1) is 0 Å². The summed E-state index contributed by atoms with van der Waals surface area (Å²) in [5, 5.41) is 5.75. The summed E-state index contributed by atoms with van der Waals surface area (Å²) in [7, 11) is 7.92. The third kappa shape index (κ3) is 6.42. The third-order valence-electron chi connectivity index (χ3n) is 4.10. The highest BCUT2D eigenvalue weighted by atomic mass is 16.2. The SMILES string of the molecule is CN(C)CCCNC(=O)c1cccc(C(=O)Nc2ccc(N(C)C)cc2)c1. The Morgan fingerprint density at radius 2 is 1.52 bits per heavy atom. The summed E-state index contributed by atoms with van der Waals surface area (Å²) in [6.45, 7) is 1.51. The summed E-state index contributed by atoms with van der Waals surface area (Å²) in [5.41, 5.74) is 2.70. The smallest absolute Gasteiger partial charge is 0.255 e. The second-order valence-corrected chi connectivity index (χ2v) is 6.89. The maximum atomic E-state index is 12.5. The minimum Gasteiger partial charge on any atom is -0.378 e. The Balaban J connectivity index is 1.97. The molecule has 0 saturated heterocycles. The average molecular weight is 368 g/mol. The average Bonchev–Trinajstić information content (AvgIpc) is 2.65. The molecule has 0 unspecified atom stereocenters. The minimum absolute atomic E-state index is 0.168. The van der Waals surface area contributed by atoms with Crippen molar-refractivity contribution in [2.24, 2.45) is 0 Å². The van der Waals surface area contributed by atoms with E-state index in [9.17, 15) is 9.59 Å². The minimum atomic E-state index is -0.241. The molecule has 2 aromatic rings. The molecular weight excluding hydrogens is 340 g/mol. The molecule has 6 heteroatoms. The fourth-order valence-corrected chi connectivity index (χ4v) is 2.55. The highest BCUT2D eigenvalue weighted by molar-refractivity contribution is 6.06. The molecule has 0 bridgehead atoms. The van der Waals surface area contributed by atoms with Gasteiger partial charge < -0.3 is 20.4 Å². The van der Waals surface area contributed by atoms with Crippen LogP contribution in [-0.4, -0.2) is 58.0 Å². The lowest BCUT2D eigenvalue weighted by molar-refractivity contribution is 0.0952. The maximum absolute atomic E-state index is 12.5. The first-order valence-corrected chi connectivity index (χ1v) is 8.98. The third-order valence-corrected chi connectivity index (χ3v) is 4.10. The molecule has 0 saturated carbocycles. The topological polar surface area (TPSA) is 64.7 Å². The molecule has 2 N–H and O–H groups in total. The standard InChI is InChI=1S/C21H28N4O2/c1-24(2)14-6-13-22-20(26)16-7-5-8-17(15-16)21(27)23-18-9-11-19(12-10-18)25(3)4/h5,7-12,15H,6,13-14H2,1-4H3,(H,22,26)(H,23,27). The first-order chi connectivity index (χ1) is 12.9. The molecule has 2 amide bonds. The lowest BCUT2D eigenvalue weighted by Gasteiger charge is -2.13. The van der Waals surface area contributed by atoms with Gasteiger partial charge >= 0.3 is 0 Å². The van der Waals surface area contributed by atoms with Crippen molar-refractivity contribution < 1.29 is 9.59 Å². The van der Waals surface area contributed by atoms with E-state index >= 15 is 0 Å². The first kappa shape index (κ1) is 20.5. The van der Waals surface area contributed by atoms with Gasteiger partial charge in [0.25, 0.3) is 11.8 Å². The van der Waals surface area contributed by atoms with Crippen LogP contribution < -0.4 is 15.5 Å². The van der Waals surface area contributed by atoms with E-state index in [0.717, 1.165) is 18.7 Å². The van der Waals surface area contributed by atoms with Crippen LogP contribution in [0.2, 0.25) is 0 Å². The molecule has 0 aliphatic rings. The number of anilines is 2. The van der Waals surface area contributed by atoms with Crippen LogP contribution in [0.3, 0.4) is 0 Å². The fourth-order valence-electron chi connectivity index (χ4n) is 2.55. The molecule has 0 radical (unpaired) electrons. The van der Waals surface area contributed by atoms with Gasteiger partial charge in [-0.2, -0.15) is 0 Å². The molecular formula is C21H28N4O2. The van der Waals surface area contributed by atoms with Crippen molar-refractivity contribution in [3.63, 3.8) is 0 Å². The number of carbonyl (C=O) groups is 2. The number of nitrogens with one attached hydrogen (secondary N) is 2. The second kappa shape index (κ2) is 9.73. The van der Waals surface area contributed by atoms with Gasteiger partial charge in [-0.1, -0.05) is 6.07 Å². The van der Waals surface area contributed by atoms with Crippen molar-refractivity contribution in [3.8, 4) is 0 Å². The lowest BCUT2D eigenvalue weighted by atomic mass is 10.1. The highest BCUT2D eigenvalue weighted by Gasteiger charge is 2.11. The molecule has 6 nitrogen and oxygen atoms in total. The zero-order chi connectivity index (χ0) is 19.8. The van der Waals surface area contributed by atoms with Crippen LogP contribution in [0.4, 0.5) is 11.4 Å². The van der Waals surface area contributed by atoms with Crippen molar-refractivity contribution in [1.29, 1.82) is 0 Å². The Morgan fingerprint density at radius 1 is 0.889 bits per heavy atom. The van der Waals surface area contributed by atoms with Gasteiger partial charge in [0.15, 0.2) is 0 Å². The number of amides is 2. The van der Waals surface area contributed by atoms with Gasteiger partial charge in [0.05, 0.1) is 0 Å². The molecule has 0 aliphatic carbocycles. The Labute approximate surface area is 161 Å². The van der Waals surface area contributed by atoms with Gasteiger partial charge in [-0.25, -0.2) is 0 Å². The van der Waals surface area contributed by atoms with Crippen molar-refractivity contribution in [1.82, 2.24) is 10.2 Å². The zero-order valence-corrected chi connectivity index (χ0v) is 16.5. The van der Waals surface area contributed by atoms with Crippen LogP contribution in [0.15, 0.2) is 48.5 Å². The maximum Gasteiger partial charge on any atom is 0.255 e. The number of nitrogens with zero attached hydrogens (tertiary/aromatic N) is 2. The largest absolute Gasteiger partial charge is 0.378 e. The van der Waals surface area contributed by atoms with E-state index in [1.54, 1.807) is 24.3 Å². The normalized spacial score (nSPS) is 10.6. The van der Waals surface area contributed by atoms with Gasteiger partial charge in [-0.05, 0) is 69.5 Å². The summed E-state index contributed by atoms with van der Waals surface area (Å²) < 4.78 is 0. The van der Waals surface area contributed by atoms with Crippen LogP contribution in [0.25, 0.3) is 0 Å². The molecule has 0 atom stereocenters. The highest BCUT2D eigenvalue weighted by Crippen LogP contribution is 2.16. The van der Waals surface area contributed by atoms with E-state index in [1.165, 1.54) is 0 Å². The Bertz CT molecular complexity index is 770. The second-order valence-electron chi connectivity index (χ2n) is 6.89. The Kier molecular flexibility index (Phi) is 7.37. The zero-order valence-electron chi connectivity index (χ0n) is 16.5. The number of hydrogen-bond acceptors (Lipinski definition) is 4. The number of hydrogen-bond donors (Lipinski definition) is 2. The quantitative estimate of drug-likeness (QED) is 0.703. The predicted octanol–water partition coefficient (Wildman–Crippen LogP) is 2.69. The first-order valence-electron chi connectivity index (χ1n) is 8.98. The molecule has 0 aliphatic heterocycles. The molecule has 27 heavy (non-hydrogen) atoms. The van der Waals surface area contributed by atoms with Crippen molar-refractivity contribution in [3.05, 3.63) is 59.7 Å². The number of rotatable bonds is 8. The van der Waals surface area contributed by atoms with E-state index in [-0.39, 0.29) is 11.8 Å². The van der Waals surface area contributed by atoms with Crippen LogP contribution in [-0.2, 0) is 0 Å². The van der Waals surface area contributed by atoms with E-state index in [4.69, 9.17) is 0 Å². The van der Waals surface area contributed by atoms with Crippen LogP contribution in [0, 0.1) is 0 Å². The van der Waals surface area contributed by atoms with Gasteiger partial charge in [0.1, 0.15) is 0 Å². The van der Waals surface area contributed by atoms with Crippen LogP contribution in [0.5, 0.6) is 0 Å². The summed E-state index contributed by atoms with van der Waals surface area (Å²) in [4.78, 5) is 28.8. The van der Waals surface area contributed by atoms with Crippen LogP contribution in [0.1, 0.15) is 27.1 Å². The summed E-state index contributed by atoms with van der Waals surface area (Å²) in [5.74, 6) is -0.409. The summed E-state index contributed by atoms with van der Waals surface area (Å²) >= 11 is 0. The molecule has 0 fully saturated rings. The fraction of sp³-hybridized carbons (Fsp3) is 0.333. The van der Waals surface area contributed by atoms with Gasteiger partial charge in [0, 0.05) is 43.1 Å². The van der Waals surface area contributed by atoms with E-state index < -0.39 is 0 Å². The van der Waals surface area contributed by atoms with Gasteiger partial charge in [0.2, 0.25) is 0 Å². The summed E-state index contributed by atoms with van der Waals surface area (Å²) in [6.07, 6.45) is 0.877. The van der Waals surface area contributed by atoms with Crippen molar-refractivity contribution in [2.75, 3.05) is 51.5 Å². The molecule has 2 rings (SSSR count). The summed E-state index contributed by atoms with van der Waals surface area (Å²) in [6, 6.07) is 14.3. The van der Waals surface area contributed by atoms with E-state index in [0.29, 0.717) is 23.4 Å². The number of benzene rings is 2. The molecule has 2 aromatic carbocycles.